The van der Waals surface area contributed by atoms with Crippen molar-refractivity contribution >= 4 is 17.2 Å². The zero-order valence-corrected chi connectivity index (χ0v) is 14.5. The molecule has 0 spiro atoms. The molecule has 1 aromatic carbocycles. The lowest BCUT2D eigenvalue weighted by Gasteiger charge is -2.38. The van der Waals surface area contributed by atoms with Crippen LogP contribution in [-0.2, 0) is 0 Å². The molecule has 6 nitrogen and oxygen atoms in total. The molecule has 0 atom stereocenters. The second-order valence-corrected chi connectivity index (χ2v) is 6.71. The van der Waals surface area contributed by atoms with Gasteiger partial charge in [0.1, 0.15) is 16.8 Å². The summed E-state index contributed by atoms with van der Waals surface area (Å²) in [5.74, 6) is 0.309. The normalized spacial score (nSPS) is 13.7. The number of thiazole rings is 1. The van der Waals surface area contributed by atoms with Crippen LogP contribution in [0.5, 0.6) is 5.88 Å². The van der Waals surface area contributed by atoms with Crippen molar-refractivity contribution in [3.05, 3.63) is 65.3 Å². The van der Waals surface area contributed by atoms with Gasteiger partial charge in [0.15, 0.2) is 0 Å². The molecule has 0 saturated carbocycles. The minimum absolute atomic E-state index is 0.0954. The molecular formula is C19H14N4O2S. The van der Waals surface area contributed by atoms with Crippen molar-refractivity contribution in [2.24, 2.45) is 0 Å². The minimum Gasteiger partial charge on any atom is -0.471 e. The lowest BCUT2D eigenvalue weighted by atomic mass is 10.1. The third kappa shape index (κ3) is 3.27. The van der Waals surface area contributed by atoms with E-state index in [0.29, 0.717) is 30.2 Å². The summed E-state index contributed by atoms with van der Waals surface area (Å²) in [6, 6.07) is 15.1. The van der Waals surface area contributed by atoms with Crippen LogP contribution >= 0.6 is 11.3 Å². The van der Waals surface area contributed by atoms with E-state index in [1.54, 1.807) is 22.4 Å². The summed E-state index contributed by atoms with van der Waals surface area (Å²) in [6.07, 6.45) is 1.42. The molecule has 3 heterocycles. The van der Waals surface area contributed by atoms with Gasteiger partial charge in [-0.2, -0.15) is 5.26 Å². The number of hydrogen-bond donors (Lipinski definition) is 0. The van der Waals surface area contributed by atoms with E-state index in [0.717, 1.165) is 10.6 Å². The van der Waals surface area contributed by atoms with E-state index < -0.39 is 0 Å². The standard InChI is InChI=1S/C19H14N4O2S/c20-9-13-6-7-21-17(8-13)25-15-10-23(11-15)19(24)16-12-26-18(22-16)14-4-2-1-3-5-14/h1-8,12,15H,10-11H2. The van der Waals surface area contributed by atoms with Crippen LogP contribution in [0.4, 0.5) is 0 Å². The molecule has 2 aromatic heterocycles. The molecule has 1 aliphatic rings. The van der Waals surface area contributed by atoms with Crippen LogP contribution in [0.1, 0.15) is 16.1 Å². The number of amides is 1. The zero-order valence-electron chi connectivity index (χ0n) is 13.7. The Morgan fingerprint density at radius 3 is 2.85 bits per heavy atom. The number of nitriles is 1. The summed E-state index contributed by atoms with van der Waals surface area (Å²) in [4.78, 5) is 22.8. The maximum absolute atomic E-state index is 12.5. The predicted octanol–water partition coefficient (Wildman–Crippen LogP) is 2.98. The minimum atomic E-state index is -0.118. The Morgan fingerprint density at radius 2 is 2.08 bits per heavy atom. The van der Waals surface area contributed by atoms with Crippen molar-refractivity contribution in [1.82, 2.24) is 14.9 Å². The third-order valence-corrected chi connectivity index (χ3v) is 4.92. The van der Waals surface area contributed by atoms with E-state index in [1.807, 2.05) is 36.4 Å². The first kappa shape index (κ1) is 16.2. The van der Waals surface area contributed by atoms with Crippen LogP contribution in [0.3, 0.4) is 0 Å². The number of rotatable bonds is 4. The number of aromatic nitrogens is 2. The maximum Gasteiger partial charge on any atom is 0.273 e. The smallest absolute Gasteiger partial charge is 0.273 e. The van der Waals surface area contributed by atoms with Gasteiger partial charge in [-0.25, -0.2) is 9.97 Å². The highest BCUT2D eigenvalue weighted by atomic mass is 32.1. The summed E-state index contributed by atoms with van der Waals surface area (Å²) in [6.45, 7) is 0.963. The largest absolute Gasteiger partial charge is 0.471 e. The number of carbonyl (C=O) groups excluding carboxylic acids is 1. The predicted molar refractivity (Wildman–Crippen MR) is 96.8 cm³/mol. The van der Waals surface area contributed by atoms with Crippen molar-refractivity contribution < 1.29 is 9.53 Å². The first-order chi connectivity index (χ1) is 12.7. The molecule has 0 radical (unpaired) electrons. The van der Waals surface area contributed by atoms with Gasteiger partial charge in [-0.3, -0.25) is 4.79 Å². The van der Waals surface area contributed by atoms with Gasteiger partial charge in [-0.05, 0) is 6.07 Å². The summed E-state index contributed by atoms with van der Waals surface area (Å²) < 4.78 is 5.71. The summed E-state index contributed by atoms with van der Waals surface area (Å²) in [5, 5.41) is 11.5. The quantitative estimate of drug-likeness (QED) is 0.713. The van der Waals surface area contributed by atoms with Gasteiger partial charge in [-0.1, -0.05) is 30.3 Å². The number of pyridine rings is 1. The maximum atomic E-state index is 12.5. The number of carbonyl (C=O) groups is 1. The van der Waals surface area contributed by atoms with E-state index in [1.165, 1.54) is 17.5 Å². The van der Waals surface area contributed by atoms with Gasteiger partial charge < -0.3 is 9.64 Å². The highest BCUT2D eigenvalue weighted by Gasteiger charge is 2.34. The molecule has 26 heavy (non-hydrogen) atoms. The van der Waals surface area contributed by atoms with Gasteiger partial charge in [0, 0.05) is 23.2 Å². The van der Waals surface area contributed by atoms with Crippen LogP contribution in [-0.4, -0.2) is 40.0 Å². The van der Waals surface area contributed by atoms with Gasteiger partial charge in [0.2, 0.25) is 5.88 Å². The fourth-order valence-corrected chi connectivity index (χ4v) is 3.44. The van der Waals surface area contributed by atoms with E-state index in [9.17, 15) is 4.79 Å². The van der Waals surface area contributed by atoms with Crippen LogP contribution in [0.25, 0.3) is 10.6 Å². The molecule has 7 heteroatoms. The Labute approximate surface area is 154 Å². The van der Waals surface area contributed by atoms with E-state index >= 15 is 0 Å². The number of ether oxygens (including phenoxy) is 1. The summed E-state index contributed by atoms with van der Waals surface area (Å²) in [7, 11) is 0. The Morgan fingerprint density at radius 1 is 1.27 bits per heavy atom. The topological polar surface area (TPSA) is 79.1 Å². The Balaban J connectivity index is 1.36. The van der Waals surface area contributed by atoms with E-state index in [-0.39, 0.29) is 12.0 Å². The molecule has 4 rings (SSSR count). The molecule has 0 unspecified atom stereocenters. The van der Waals surface area contributed by atoms with E-state index in [2.05, 4.69) is 9.97 Å². The Bertz CT molecular complexity index is 974. The summed E-state index contributed by atoms with van der Waals surface area (Å²) >= 11 is 1.46. The molecule has 128 valence electrons. The first-order valence-electron chi connectivity index (χ1n) is 8.06. The van der Waals surface area contributed by atoms with Crippen molar-refractivity contribution in [3.8, 4) is 22.5 Å². The van der Waals surface area contributed by atoms with E-state index in [4.69, 9.17) is 10.00 Å². The molecular weight excluding hydrogens is 348 g/mol. The van der Waals surface area contributed by atoms with Crippen LogP contribution in [0, 0.1) is 11.3 Å². The van der Waals surface area contributed by atoms with Crippen molar-refractivity contribution in [2.75, 3.05) is 13.1 Å². The highest BCUT2D eigenvalue weighted by Crippen LogP contribution is 2.25. The Hall–Kier alpha value is -3.24. The number of nitrogens with zero attached hydrogens (tertiary/aromatic N) is 4. The number of hydrogen-bond acceptors (Lipinski definition) is 6. The van der Waals surface area contributed by atoms with Crippen LogP contribution < -0.4 is 4.74 Å². The fraction of sp³-hybridized carbons (Fsp3) is 0.158. The average Bonchev–Trinajstić information content (AvgIpc) is 3.15. The SMILES string of the molecule is N#Cc1ccnc(OC2CN(C(=O)c3csc(-c4ccccc4)n3)C2)c1. The monoisotopic (exact) mass is 362 g/mol. The van der Waals surface area contributed by atoms with Gasteiger partial charge >= 0.3 is 0 Å². The molecule has 1 fully saturated rings. The van der Waals surface area contributed by atoms with Gasteiger partial charge in [0.05, 0.1) is 24.7 Å². The van der Waals surface area contributed by atoms with Gasteiger partial charge in [0.25, 0.3) is 5.91 Å². The highest BCUT2D eigenvalue weighted by molar-refractivity contribution is 7.13. The van der Waals surface area contributed by atoms with Crippen molar-refractivity contribution in [3.63, 3.8) is 0 Å². The summed E-state index contributed by atoms with van der Waals surface area (Å²) in [5.41, 5.74) is 1.96. The molecule has 1 saturated heterocycles. The number of benzene rings is 1. The molecule has 0 N–H and O–H groups in total. The zero-order chi connectivity index (χ0) is 17.9. The van der Waals surface area contributed by atoms with Crippen molar-refractivity contribution in [1.29, 1.82) is 5.26 Å². The van der Waals surface area contributed by atoms with Crippen LogP contribution in [0.2, 0.25) is 0 Å². The Kier molecular flexibility index (Phi) is 4.33. The molecule has 1 aliphatic heterocycles. The first-order valence-corrected chi connectivity index (χ1v) is 8.94. The molecule has 1 amide bonds. The fourth-order valence-electron chi connectivity index (χ4n) is 2.64. The molecule has 3 aromatic rings. The average molecular weight is 362 g/mol. The van der Waals surface area contributed by atoms with Crippen LogP contribution in [0.15, 0.2) is 54.0 Å². The third-order valence-electron chi connectivity index (χ3n) is 4.03. The van der Waals surface area contributed by atoms with Crippen molar-refractivity contribution in [2.45, 2.75) is 6.10 Å². The lowest BCUT2D eigenvalue weighted by Crippen LogP contribution is -2.56. The molecule has 0 bridgehead atoms. The second kappa shape index (κ2) is 6.94. The lowest BCUT2D eigenvalue weighted by molar-refractivity contribution is 0.0156. The van der Waals surface area contributed by atoms with Gasteiger partial charge in [-0.15, -0.1) is 11.3 Å². The number of likely N-dealkylation sites (tertiary alicyclic amines) is 1. The molecule has 0 aliphatic carbocycles. The second-order valence-electron chi connectivity index (χ2n) is 5.85.